The van der Waals surface area contributed by atoms with Crippen molar-refractivity contribution in [2.75, 3.05) is 13.6 Å². The molecule has 1 N–H and O–H groups in total. The van der Waals surface area contributed by atoms with Gasteiger partial charge in [-0.15, -0.1) is 0 Å². The van der Waals surface area contributed by atoms with Crippen molar-refractivity contribution in [2.45, 2.75) is 56.3 Å². The first kappa shape index (κ1) is 13.5. The summed E-state index contributed by atoms with van der Waals surface area (Å²) in [5.41, 5.74) is 0.929. The Bertz CT molecular complexity index is 560. The Morgan fingerprint density at radius 1 is 1.33 bits per heavy atom. The second-order valence-electron chi connectivity index (χ2n) is 6.97. The van der Waals surface area contributed by atoms with Gasteiger partial charge < -0.3 is 10.1 Å². The van der Waals surface area contributed by atoms with Crippen molar-refractivity contribution in [3.05, 3.63) is 29.6 Å². The molecule has 3 unspecified atom stereocenters. The summed E-state index contributed by atoms with van der Waals surface area (Å²) in [6, 6.07) is 6.50. The van der Waals surface area contributed by atoms with Crippen molar-refractivity contribution >= 4 is 0 Å². The normalized spacial score (nSPS) is 35.8. The highest BCUT2D eigenvalue weighted by molar-refractivity contribution is 5.40. The number of benzene rings is 1. The van der Waals surface area contributed by atoms with Gasteiger partial charge in [0.05, 0.1) is 0 Å². The Balaban J connectivity index is 1.66. The van der Waals surface area contributed by atoms with E-state index in [0.717, 1.165) is 36.7 Å². The first-order chi connectivity index (χ1) is 10.1. The van der Waals surface area contributed by atoms with Gasteiger partial charge in [-0.05, 0) is 32.9 Å². The van der Waals surface area contributed by atoms with Crippen molar-refractivity contribution < 1.29 is 9.13 Å². The first-order valence-corrected chi connectivity index (χ1v) is 8.02. The molecule has 0 radical (unpaired) electrons. The van der Waals surface area contributed by atoms with E-state index in [1.165, 1.54) is 18.9 Å². The van der Waals surface area contributed by atoms with E-state index in [4.69, 9.17) is 4.74 Å². The van der Waals surface area contributed by atoms with Crippen LogP contribution in [0.5, 0.6) is 5.75 Å². The van der Waals surface area contributed by atoms with Crippen LogP contribution in [0.2, 0.25) is 0 Å². The molecule has 4 rings (SSSR count). The summed E-state index contributed by atoms with van der Waals surface area (Å²) in [4.78, 5) is 2.59. The molecule has 0 bridgehead atoms. The van der Waals surface area contributed by atoms with Crippen molar-refractivity contribution in [1.29, 1.82) is 0 Å². The third-order valence-electron chi connectivity index (χ3n) is 5.32. The van der Waals surface area contributed by atoms with Crippen LogP contribution in [0.1, 0.15) is 44.2 Å². The minimum absolute atomic E-state index is 0.156. The molecule has 0 aromatic heterocycles. The topological polar surface area (TPSA) is 24.5 Å². The van der Waals surface area contributed by atoms with Crippen LogP contribution in [0.25, 0.3) is 0 Å². The molecule has 1 aromatic rings. The zero-order chi connectivity index (χ0) is 14.6. The lowest BCUT2D eigenvalue weighted by Gasteiger charge is -2.40. The SMILES string of the molecule is CNC1CC2(CC(C)N(C3CC3)C2)Oc2cc(F)ccc21. The van der Waals surface area contributed by atoms with Gasteiger partial charge in [0.2, 0.25) is 0 Å². The fourth-order valence-corrected chi connectivity index (χ4v) is 4.22. The summed E-state index contributed by atoms with van der Waals surface area (Å²) in [6.07, 6.45) is 4.65. The Hall–Kier alpha value is -1.13. The quantitative estimate of drug-likeness (QED) is 0.906. The minimum atomic E-state index is -0.217. The molecule has 1 spiro atoms. The van der Waals surface area contributed by atoms with Crippen LogP contribution in [0.3, 0.4) is 0 Å². The number of nitrogens with zero attached hydrogens (tertiary/aromatic N) is 1. The second-order valence-corrected chi connectivity index (χ2v) is 6.97. The van der Waals surface area contributed by atoms with Crippen LogP contribution in [-0.4, -0.2) is 36.2 Å². The average molecular weight is 290 g/mol. The molecular formula is C17H23FN2O. The van der Waals surface area contributed by atoms with Crippen LogP contribution in [0, 0.1) is 5.82 Å². The molecule has 2 aliphatic heterocycles. The van der Waals surface area contributed by atoms with Crippen molar-refractivity contribution in [2.24, 2.45) is 0 Å². The predicted molar refractivity (Wildman–Crippen MR) is 80.0 cm³/mol. The highest BCUT2D eigenvalue weighted by atomic mass is 19.1. The van der Waals surface area contributed by atoms with E-state index in [0.29, 0.717) is 6.04 Å². The molecule has 1 aromatic carbocycles. The maximum absolute atomic E-state index is 13.6. The van der Waals surface area contributed by atoms with Gasteiger partial charge in [-0.25, -0.2) is 4.39 Å². The van der Waals surface area contributed by atoms with Crippen molar-refractivity contribution in [3.8, 4) is 5.75 Å². The van der Waals surface area contributed by atoms with Gasteiger partial charge in [-0.3, -0.25) is 4.90 Å². The standard InChI is InChI=1S/C17H23FN2O/c1-11-8-17(10-20(11)13-4-5-13)9-15(19-2)14-6-3-12(18)7-16(14)21-17/h3,6-7,11,13,15,19H,4-5,8-10H2,1-2H3. The van der Waals surface area contributed by atoms with Crippen LogP contribution in [0.15, 0.2) is 18.2 Å². The fourth-order valence-electron chi connectivity index (χ4n) is 4.22. The largest absolute Gasteiger partial charge is 0.485 e. The maximum atomic E-state index is 13.6. The molecule has 4 heteroatoms. The maximum Gasteiger partial charge on any atom is 0.127 e. The summed E-state index contributed by atoms with van der Waals surface area (Å²) in [5.74, 6) is 0.510. The van der Waals surface area contributed by atoms with Gasteiger partial charge in [0.15, 0.2) is 0 Å². The Morgan fingerprint density at radius 2 is 2.14 bits per heavy atom. The lowest BCUT2D eigenvalue weighted by atomic mass is 9.85. The van der Waals surface area contributed by atoms with Gasteiger partial charge in [-0.2, -0.15) is 0 Å². The zero-order valence-electron chi connectivity index (χ0n) is 12.7. The van der Waals surface area contributed by atoms with Gasteiger partial charge in [0.1, 0.15) is 17.2 Å². The Labute approximate surface area is 125 Å². The number of ether oxygens (including phenoxy) is 1. The molecule has 114 valence electrons. The summed E-state index contributed by atoms with van der Waals surface area (Å²) in [5, 5.41) is 3.38. The fraction of sp³-hybridized carbons (Fsp3) is 0.647. The van der Waals surface area contributed by atoms with E-state index in [2.05, 4.69) is 17.1 Å². The molecule has 1 saturated heterocycles. The Kier molecular flexibility index (Phi) is 3.02. The van der Waals surface area contributed by atoms with Gasteiger partial charge in [-0.1, -0.05) is 6.07 Å². The lowest BCUT2D eigenvalue weighted by molar-refractivity contribution is 0.0384. The third-order valence-corrected chi connectivity index (χ3v) is 5.32. The van der Waals surface area contributed by atoms with Crippen molar-refractivity contribution in [1.82, 2.24) is 10.2 Å². The molecular weight excluding hydrogens is 267 g/mol. The van der Waals surface area contributed by atoms with E-state index in [9.17, 15) is 4.39 Å². The molecule has 3 atom stereocenters. The number of halogens is 1. The minimum Gasteiger partial charge on any atom is -0.485 e. The molecule has 2 fully saturated rings. The van der Waals surface area contributed by atoms with Crippen molar-refractivity contribution in [3.63, 3.8) is 0 Å². The first-order valence-electron chi connectivity index (χ1n) is 8.02. The summed E-state index contributed by atoms with van der Waals surface area (Å²) in [6.45, 7) is 3.28. The van der Waals surface area contributed by atoms with E-state index < -0.39 is 0 Å². The van der Waals surface area contributed by atoms with Gasteiger partial charge in [0.25, 0.3) is 0 Å². The van der Waals surface area contributed by atoms with Gasteiger partial charge in [0, 0.05) is 49.1 Å². The predicted octanol–water partition coefficient (Wildman–Crippen LogP) is 2.86. The molecule has 2 heterocycles. The molecule has 1 aliphatic carbocycles. The zero-order valence-corrected chi connectivity index (χ0v) is 12.7. The van der Waals surface area contributed by atoms with Gasteiger partial charge >= 0.3 is 0 Å². The summed E-state index contributed by atoms with van der Waals surface area (Å²) >= 11 is 0. The number of fused-ring (bicyclic) bond motifs is 1. The van der Waals surface area contributed by atoms with Crippen LogP contribution in [-0.2, 0) is 0 Å². The highest BCUT2D eigenvalue weighted by Gasteiger charge is 2.51. The van der Waals surface area contributed by atoms with Crippen LogP contribution >= 0.6 is 0 Å². The number of hydrogen-bond donors (Lipinski definition) is 1. The van der Waals surface area contributed by atoms with E-state index in [1.807, 2.05) is 13.1 Å². The van der Waals surface area contributed by atoms with E-state index in [-0.39, 0.29) is 17.5 Å². The summed E-state index contributed by atoms with van der Waals surface area (Å²) < 4.78 is 19.9. The number of hydrogen-bond acceptors (Lipinski definition) is 3. The van der Waals surface area contributed by atoms with E-state index in [1.54, 1.807) is 6.07 Å². The number of rotatable bonds is 2. The second kappa shape index (κ2) is 4.68. The third kappa shape index (κ3) is 2.25. The van der Waals surface area contributed by atoms with Crippen LogP contribution < -0.4 is 10.1 Å². The number of nitrogens with one attached hydrogen (secondary N) is 1. The Morgan fingerprint density at radius 3 is 2.86 bits per heavy atom. The lowest BCUT2D eigenvalue weighted by Crippen LogP contribution is -2.46. The highest BCUT2D eigenvalue weighted by Crippen LogP contribution is 2.47. The molecule has 1 saturated carbocycles. The molecule has 21 heavy (non-hydrogen) atoms. The molecule has 3 nitrogen and oxygen atoms in total. The monoisotopic (exact) mass is 290 g/mol. The molecule has 0 amide bonds. The van der Waals surface area contributed by atoms with Crippen LogP contribution in [0.4, 0.5) is 4.39 Å². The smallest absolute Gasteiger partial charge is 0.127 e. The average Bonchev–Trinajstić information content (AvgIpc) is 3.23. The van der Waals surface area contributed by atoms with E-state index >= 15 is 0 Å². The molecule has 3 aliphatic rings. The summed E-state index contributed by atoms with van der Waals surface area (Å²) in [7, 11) is 1.98. The number of likely N-dealkylation sites (tertiary alicyclic amines) is 1.